The van der Waals surface area contributed by atoms with E-state index >= 15 is 0 Å². The Kier molecular flexibility index (Phi) is 6.86. The van der Waals surface area contributed by atoms with Gasteiger partial charge in [0.05, 0.1) is 6.10 Å². The summed E-state index contributed by atoms with van der Waals surface area (Å²) >= 11 is 0. The van der Waals surface area contributed by atoms with Gasteiger partial charge in [0.25, 0.3) is 5.91 Å². The van der Waals surface area contributed by atoms with Crippen LogP contribution >= 0.6 is 0 Å². The molecule has 2 amide bonds. The number of aryl methyl sites for hydroxylation is 1. The second-order valence-electron chi connectivity index (χ2n) is 6.29. The van der Waals surface area contributed by atoms with Crippen molar-refractivity contribution in [3.05, 3.63) is 18.0 Å². The summed E-state index contributed by atoms with van der Waals surface area (Å²) in [7, 11) is 1.74. The Bertz CT molecular complexity index is 594. The van der Waals surface area contributed by atoms with Gasteiger partial charge < -0.3 is 15.0 Å². The van der Waals surface area contributed by atoms with Crippen molar-refractivity contribution < 1.29 is 23.1 Å². The highest BCUT2D eigenvalue weighted by Crippen LogP contribution is 2.13. The summed E-state index contributed by atoms with van der Waals surface area (Å²) in [5.74, 6) is -1.62. The van der Waals surface area contributed by atoms with Gasteiger partial charge in [-0.2, -0.15) is 5.10 Å². The van der Waals surface area contributed by atoms with Crippen molar-refractivity contribution in [2.45, 2.75) is 32.3 Å². The number of nitrogens with one attached hydrogen (secondary N) is 1. The highest BCUT2D eigenvalue weighted by Gasteiger charge is 2.25. The molecule has 25 heavy (non-hydrogen) atoms. The molecule has 2 rings (SSSR count). The molecular weight excluding hydrogens is 334 g/mol. The minimum absolute atomic E-state index is 0.181. The molecule has 2 heterocycles. The SMILES string of the molecule is CC(CC(=O)NCC1CN(C(=O)c2ccn(C)n2)CCCO1)C(F)F. The number of halogens is 2. The smallest absolute Gasteiger partial charge is 0.274 e. The molecule has 2 unspecified atom stereocenters. The van der Waals surface area contributed by atoms with Crippen LogP contribution in [0, 0.1) is 5.92 Å². The molecule has 2 atom stereocenters. The Labute approximate surface area is 145 Å². The van der Waals surface area contributed by atoms with Gasteiger partial charge in [0.2, 0.25) is 12.3 Å². The zero-order chi connectivity index (χ0) is 18.4. The summed E-state index contributed by atoms with van der Waals surface area (Å²) in [6, 6.07) is 1.65. The second kappa shape index (κ2) is 8.89. The summed E-state index contributed by atoms with van der Waals surface area (Å²) in [5.41, 5.74) is 0.359. The zero-order valence-electron chi connectivity index (χ0n) is 14.5. The van der Waals surface area contributed by atoms with Crippen molar-refractivity contribution in [1.82, 2.24) is 20.0 Å². The molecule has 0 spiro atoms. The van der Waals surface area contributed by atoms with Crippen LogP contribution in [0.1, 0.15) is 30.3 Å². The highest BCUT2D eigenvalue weighted by molar-refractivity contribution is 5.92. The molecule has 0 aliphatic carbocycles. The number of rotatable bonds is 6. The van der Waals surface area contributed by atoms with Crippen molar-refractivity contribution in [2.75, 3.05) is 26.2 Å². The van der Waals surface area contributed by atoms with Crippen molar-refractivity contribution in [3.63, 3.8) is 0 Å². The third-order valence-electron chi connectivity index (χ3n) is 4.03. The molecule has 1 aromatic rings. The largest absolute Gasteiger partial charge is 0.374 e. The van der Waals surface area contributed by atoms with E-state index < -0.39 is 18.3 Å². The summed E-state index contributed by atoms with van der Waals surface area (Å²) in [5, 5.41) is 6.72. The fraction of sp³-hybridized carbons (Fsp3) is 0.688. The Morgan fingerprint density at radius 3 is 2.88 bits per heavy atom. The van der Waals surface area contributed by atoms with Gasteiger partial charge in [0.15, 0.2) is 0 Å². The molecule has 1 aliphatic rings. The first-order valence-corrected chi connectivity index (χ1v) is 8.32. The van der Waals surface area contributed by atoms with E-state index in [1.54, 1.807) is 28.9 Å². The minimum atomic E-state index is -2.52. The lowest BCUT2D eigenvalue weighted by Gasteiger charge is -2.23. The van der Waals surface area contributed by atoms with Gasteiger partial charge in [-0.25, -0.2) is 8.78 Å². The van der Waals surface area contributed by atoms with E-state index in [0.717, 1.165) is 0 Å². The third kappa shape index (κ3) is 5.77. The highest BCUT2D eigenvalue weighted by atomic mass is 19.3. The van der Waals surface area contributed by atoms with Crippen LogP contribution in [0.3, 0.4) is 0 Å². The lowest BCUT2D eigenvalue weighted by atomic mass is 10.1. The average molecular weight is 358 g/mol. The van der Waals surface area contributed by atoms with Crippen molar-refractivity contribution in [3.8, 4) is 0 Å². The fourth-order valence-corrected chi connectivity index (χ4v) is 2.58. The number of ether oxygens (including phenoxy) is 1. The number of carbonyl (C=O) groups excluding carboxylic acids is 2. The van der Waals surface area contributed by atoms with E-state index in [1.165, 1.54) is 6.92 Å². The van der Waals surface area contributed by atoms with Gasteiger partial charge in [-0.3, -0.25) is 14.3 Å². The van der Waals surface area contributed by atoms with Gasteiger partial charge >= 0.3 is 0 Å². The topological polar surface area (TPSA) is 76.5 Å². The first-order valence-electron chi connectivity index (χ1n) is 8.32. The lowest BCUT2D eigenvalue weighted by molar-refractivity contribution is -0.123. The van der Waals surface area contributed by atoms with Crippen LogP contribution in [0.15, 0.2) is 12.3 Å². The van der Waals surface area contributed by atoms with Crippen LogP contribution in [0.25, 0.3) is 0 Å². The molecular formula is C16H24F2N4O3. The summed E-state index contributed by atoms with van der Waals surface area (Å²) < 4.78 is 32.2. The van der Waals surface area contributed by atoms with E-state index in [4.69, 9.17) is 4.74 Å². The van der Waals surface area contributed by atoms with E-state index in [9.17, 15) is 18.4 Å². The lowest BCUT2D eigenvalue weighted by Crippen LogP contribution is -2.42. The number of aromatic nitrogens is 2. The van der Waals surface area contributed by atoms with E-state index in [1.807, 2.05) is 0 Å². The van der Waals surface area contributed by atoms with Crippen LogP contribution in [-0.4, -0.2) is 65.3 Å². The van der Waals surface area contributed by atoms with Gasteiger partial charge in [-0.05, 0) is 12.5 Å². The van der Waals surface area contributed by atoms with Crippen LogP contribution in [0.4, 0.5) is 8.78 Å². The van der Waals surface area contributed by atoms with Crippen molar-refractivity contribution >= 4 is 11.8 Å². The fourth-order valence-electron chi connectivity index (χ4n) is 2.58. The third-order valence-corrected chi connectivity index (χ3v) is 4.03. The summed E-state index contributed by atoms with van der Waals surface area (Å²) in [6.07, 6.45) is -0.747. The van der Waals surface area contributed by atoms with Crippen LogP contribution in [-0.2, 0) is 16.6 Å². The molecule has 1 fully saturated rings. The number of hydrogen-bond acceptors (Lipinski definition) is 4. The molecule has 0 saturated carbocycles. The van der Waals surface area contributed by atoms with Gasteiger partial charge in [0, 0.05) is 51.8 Å². The maximum Gasteiger partial charge on any atom is 0.274 e. The summed E-state index contributed by atoms with van der Waals surface area (Å²) in [6.45, 7) is 2.85. The van der Waals surface area contributed by atoms with Crippen LogP contribution < -0.4 is 5.32 Å². The van der Waals surface area contributed by atoms with Crippen LogP contribution in [0.5, 0.6) is 0 Å². The first kappa shape index (κ1) is 19.3. The van der Waals surface area contributed by atoms with E-state index in [2.05, 4.69) is 10.4 Å². The Hall–Kier alpha value is -2.03. The molecule has 0 aromatic carbocycles. The molecule has 1 aromatic heterocycles. The van der Waals surface area contributed by atoms with Crippen LogP contribution in [0.2, 0.25) is 0 Å². The van der Waals surface area contributed by atoms with Crippen molar-refractivity contribution in [2.24, 2.45) is 13.0 Å². The second-order valence-corrected chi connectivity index (χ2v) is 6.29. The number of nitrogens with zero attached hydrogens (tertiary/aromatic N) is 3. The number of carbonyl (C=O) groups is 2. The van der Waals surface area contributed by atoms with Crippen molar-refractivity contribution in [1.29, 1.82) is 0 Å². The maximum absolute atomic E-state index is 12.5. The predicted molar refractivity (Wildman–Crippen MR) is 86.3 cm³/mol. The Morgan fingerprint density at radius 2 is 2.24 bits per heavy atom. The standard InChI is InChI=1S/C16H24F2N4O3/c1-11(15(17)18)8-14(23)19-9-12-10-22(5-3-7-25-12)16(24)13-4-6-21(2)20-13/h4,6,11-12,15H,3,5,7-10H2,1-2H3,(H,19,23). The van der Waals surface area contributed by atoms with Gasteiger partial charge in [-0.15, -0.1) is 0 Å². The predicted octanol–water partition coefficient (Wildman–Crippen LogP) is 1.06. The molecule has 140 valence electrons. The molecule has 1 aliphatic heterocycles. The monoisotopic (exact) mass is 358 g/mol. The first-order chi connectivity index (χ1) is 11.9. The van der Waals surface area contributed by atoms with Gasteiger partial charge in [-0.1, -0.05) is 6.92 Å². The molecule has 9 heteroatoms. The Morgan fingerprint density at radius 1 is 1.48 bits per heavy atom. The zero-order valence-corrected chi connectivity index (χ0v) is 14.5. The molecule has 1 saturated heterocycles. The Balaban J connectivity index is 1.86. The van der Waals surface area contributed by atoms with E-state index in [0.29, 0.717) is 31.8 Å². The molecule has 0 radical (unpaired) electrons. The van der Waals surface area contributed by atoms with Gasteiger partial charge in [0.1, 0.15) is 5.69 Å². The number of amides is 2. The molecule has 0 bridgehead atoms. The summed E-state index contributed by atoms with van der Waals surface area (Å²) in [4.78, 5) is 25.9. The minimum Gasteiger partial charge on any atom is -0.374 e. The number of hydrogen-bond donors (Lipinski definition) is 1. The van der Waals surface area contributed by atoms with E-state index in [-0.39, 0.29) is 25.0 Å². The average Bonchev–Trinajstić information content (AvgIpc) is 2.86. The number of alkyl halides is 2. The maximum atomic E-state index is 12.5. The molecule has 7 nitrogen and oxygen atoms in total. The normalized spacial score (nSPS) is 19.6. The molecule has 1 N–H and O–H groups in total. The quantitative estimate of drug-likeness (QED) is 0.825.